The molecule has 6 heteroatoms. The van der Waals surface area contributed by atoms with E-state index in [1.807, 2.05) is 0 Å². The van der Waals surface area contributed by atoms with Gasteiger partial charge in [-0.3, -0.25) is 14.4 Å². The van der Waals surface area contributed by atoms with Gasteiger partial charge in [0.25, 0.3) is 0 Å². The Hall–Kier alpha value is -2.11. The van der Waals surface area contributed by atoms with E-state index in [2.05, 4.69) is 45.1 Å². The molecule has 0 aromatic heterocycles. The summed E-state index contributed by atoms with van der Waals surface area (Å²) in [6, 6.07) is 0. The van der Waals surface area contributed by atoms with E-state index in [4.69, 9.17) is 14.2 Å². The van der Waals surface area contributed by atoms with Gasteiger partial charge in [-0.25, -0.2) is 0 Å². The van der Waals surface area contributed by atoms with E-state index < -0.39 is 6.10 Å². The molecule has 0 saturated heterocycles. The van der Waals surface area contributed by atoms with Gasteiger partial charge in [0.05, 0.1) is 0 Å². The van der Waals surface area contributed by atoms with Crippen LogP contribution in [0.1, 0.15) is 361 Å². The van der Waals surface area contributed by atoms with Crippen LogP contribution in [0.15, 0.2) is 24.3 Å². The zero-order valence-electron chi connectivity index (χ0n) is 48.7. The van der Waals surface area contributed by atoms with Gasteiger partial charge in [0.1, 0.15) is 13.2 Å². The highest BCUT2D eigenvalue weighted by Crippen LogP contribution is 2.17. The summed E-state index contributed by atoms with van der Waals surface area (Å²) in [5, 5.41) is 0. The summed E-state index contributed by atoms with van der Waals surface area (Å²) in [7, 11) is 0. The Bertz CT molecular complexity index is 1160. The summed E-state index contributed by atoms with van der Waals surface area (Å²) in [6.45, 7) is 6.70. The number of hydrogen-bond acceptors (Lipinski definition) is 6. The molecule has 0 fully saturated rings. The molecule has 0 aliphatic carbocycles. The highest BCUT2D eigenvalue weighted by atomic mass is 16.6. The molecule has 0 saturated carbocycles. The van der Waals surface area contributed by atoms with E-state index in [-0.39, 0.29) is 31.1 Å². The molecule has 72 heavy (non-hydrogen) atoms. The lowest BCUT2D eigenvalue weighted by atomic mass is 10.0. The lowest BCUT2D eigenvalue weighted by Gasteiger charge is -2.18. The third kappa shape index (κ3) is 58.8. The van der Waals surface area contributed by atoms with Gasteiger partial charge in [0.15, 0.2) is 6.10 Å². The summed E-state index contributed by atoms with van der Waals surface area (Å²) < 4.78 is 16.9. The van der Waals surface area contributed by atoms with Crippen molar-refractivity contribution in [2.45, 2.75) is 367 Å². The first kappa shape index (κ1) is 69.9. The van der Waals surface area contributed by atoms with Crippen molar-refractivity contribution in [3.8, 4) is 0 Å². The van der Waals surface area contributed by atoms with E-state index in [0.717, 1.165) is 57.8 Å². The van der Waals surface area contributed by atoms with E-state index in [9.17, 15) is 14.4 Å². The van der Waals surface area contributed by atoms with E-state index in [0.29, 0.717) is 19.3 Å². The summed E-state index contributed by atoms with van der Waals surface area (Å²) in [4.78, 5) is 38.3. The summed E-state index contributed by atoms with van der Waals surface area (Å²) >= 11 is 0. The first-order chi connectivity index (χ1) is 35.5. The molecule has 1 atom stereocenters. The molecule has 0 spiro atoms. The van der Waals surface area contributed by atoms with Crippen LogP contribution in [0.4, 0.5) is 0 Å². The number of esters is 3. The maximum absolute atomic E-state index is 12.9. The van der Waals surface area contributed by atoms with E-state index in [1.165, 1.54) is 263 Å². The molecule has 0 aromatic rings. The first-order valence-corrected chi connectivity index (χ1v) is 32.3. The van der Waals surface area contributed by atoms with Crippen LogP contribution < -0.4 is 0 Å². The molecule has 0 aliphatic heterocycles. The van der Waals surface area contributed by atoms with Crippen molar-refractivity contribution in [1.29, 1.82) is 0 Å². The molecule has 424 valence electrons. The Balaban J connectivity index is 4.27. The molecule has 0 heterocycles. The maximum Gasteiger partial charge on any atom is 0.306 e. The van der Waals surface area contributed by atoms with Gasteiger partial charge in [-0.15, -0.1) is 0 Å². The SMILES string of the molecule is CCCCCCCCC/C=C\CCCCCCCCCC(=O)OC(COC(=O)CCCCCCCCCCCCC/C=C\CCCCCCCCCC)COC(=O)CCCCCCCCCCCCCCC. The fraction of sp³-hybridized carbons (Fsp3) is 0.894. The molecule has 0 aromatic carbocycles. The number of allylic oxidation sites excluding steroid dienone is 4. The third-order valence-corrected chi connectivity index (χ3v) is 14.7. The predicted octanol–water partition coefficient (Wildman–Crippen LogP) is 21.8. The molecular formula is C66H124O6. The average Bonchev–Trinajstić information content (AvgIpc) is 3.38. The smallest absolute Gasteiger partial charge is 0.306 e. The highest BCUT2D eigenvalue weighted by molar-refractivity contribution is 5.71. The zero-order valence-corrected chi connectivity index (χ0v) is 48.7. The van der Waals surface area contributed by atoms with Crippen molar-refractivity contribution >= 4 is 17.9 Å². The highest BCUT2D eigenvalue weighted by Gasteiger charge is 2.19. The Morgan fingerprint density at radius 1 is 0.264 bits per heavy atom. The van der Waals surface area contributed by atoms with Crippen LogP contribution >= 0.6 is 0 Å². The van der Waals surface area contributed by atoms with Crippen LogP contribution in [0.25, 0.3) is 0 Å². The minimum absolute atomic E-state index is 0.0681. The summed E-state index contributed by atoms with van der Waals surface area (Å²) in [5.41, 5.74) is 0. The summed E-state index contributed by atoms with van der Waals surface area (Å²) in [5.74, 6) is -0.848. The lowest BCUT2D eigenvalue weighted by molar-refractivity contribution is -0.167. The number of unbranched alkanes of at least 4 members (excludes halogenated alkanes) is 45. The fourth-order valence-corrected chi connectivity index (χ4v) is 9.79. The molecule has 0 amide bonds. The molecule has 0 N–H and O–H groups in total. The number of hydrogen-bond donors (Lipinski definition) is 0. The van der Waals surface area contributed by atoms with Gasteiger partial charge < -0.3 is 14.2 Å². The molecule has 0 bridgehead atoms. The number of carbonyl (C=O) groups is 3. The predicted molar refractivity (Wildman–Crippen MR) is 312 cm³/mol. The normalized spacial score (nSPS) is 12.1. The van der Waals surface area contributed by atoms with Crippen LogP contribution in [0.5, 0.6) is 0 Å². The van der Waals surface area contributed by atoms with E-state index >= 15 is 0 Å². The van der Waals surface area contributed by atoms with Crippen LogP contribution in [0.3, 0.4) is 0 Å². The Morgan fingerprint density at radius 3 is 0.694 bits per heavy atom. The van der Waals surface area contributed by atoms with Gasteiger partial charge >= 0.3 is 17.9 Å². The van der Waals surface area contributed by atoms with Gasteiger partial charge in [-0.2, -0.15) is 0 Å². The standard InChI is InChI=1S/C66H124O6/c1-4-7-10-13-16-19-22-25-27-29-31-32-33-34-35-37-38-41-44-47-50-53-56-59-65(68)71-62-63(61-70-64(67)58-55-52-49-46-43-40-24-21-18-15-12-9-6-3)72-66(69)60-57-54-51-48-45-42-39-36-30-28-26-23-20-17-14-11-8-5-2/h28-31,63H,4-27,32-62H2,1-3H3/b30-28-,31-29-. The number of ether oxygens (including phenoxy) is 3. The van der Waals surface area contributed by atoms with Crippen molar-refractivity contribution in [2.24, 2.45) is 0 Å². The van der Waals surface area contributed by atoms with Crippen molar-refractivity contribution in [3.63, 3.8) is 0 Å². The third-order valence-electron chi connectivity index (χ3n) is 14.7. The van der Waals surface area contributed by atoms with Crippen molar-refractivity contribution in [1.82, 2.24) is 0 Å². The zero-order chi connectivity index (χ0) is 52.2. The van der Waals surface area contributed by atoms with Gasteiger partial charge in [-0.1, -0.05) is 295 Å². The molecule has 0 radical (unpaired) electrons. The van der Waals surface area contributed by atoms with Gasteiger partial charge in [0.2, 0.25) is 0 Å². The molecule has 1 unspecified atom stereocenters. The molecule has 6 nitrogen and oxygen atoms in total. The van der Waals surface area contributed by atoms with Gasteiger partial charge in [-0.05, 0) is 70.6 Å². The largest absolute Gasteiger partial charge is 0.462 e. The maximum atomic E-state index is 12.9. The van der Waals surface area contributed by atoms with Crippen molar-refractivity contribution in [2.75, 3.05) is 13.2 Å². The average molecular weight is 1010 g/mol. The topological polar surface area (TPSA) is 78.9 Å². The number of carbonyl (C=O) groups excluding carboxylic acids is 3. The molecule has 0 rings (SSSR count). The van der Waals surface area contributed by atoms with Crippen molar-refractivity contribution in [3.05, 3.63) is 24.3 Å². The molecular weight excluding hydrogens is 889 g/mol. The first-order valence-electron chi connectivity index (χ1n) is 32.3. The Morgan fingerprint density at radius 2 is 0.458 bits per heavy atom. The minimum atomic E-state index is -0.771. The second-order valence-electron chi connectivity index (χ2n) is 22.0. The van der Waals surface area contributed by atoms with Crippen LogP contribution in [0.2, 0.25) is 0 Å². The van der Waals surface area contributed by atoms with Crippen LogP contribution in [-0.4, -0.2) is 37.2 Å². The Kier molecular flexibility index (Phi) is 59.6. The fourth-order valence-electron chi connectivity index (χ4n) is 9.79. The quantitative estimate of drug-likeness (QED) is 0.0261. The molecule has 0 aliphatic rings. The second kappa shape index (κ2) is 61.4. The van der Waals surface area contributed by atoms with Crippen LogP contribution in [0, 0.1) is 0 Å². The van der Waals surface area contributed by atoms with Crippen molar-refractivity contribution < 1.29 is 28.6 Å². The summed E-state index contributed by atoms with van der Waals surface area (Å²) in [6.07, 6.45) is 73.3. The van der Waals surface area contributed by atoms with E-state index in [1.54, 1.807) is 0 Å². The second-order valence-corrected chi connectivity index (χ2v) is 22.0. The monoisotopic (exact) mass is 1010 g/mol. The Labute approximate surface area is 449 Å². The van der Waals surface area contributed by atoms with Gasteiger partial charge in [0, 0.05) is 19.3 Å². The van der Waals surface area contributed by atoms with Crippen LogP contribution in [-0.2, 0) is 28.6 Å². The minimum Gasteiger partial charge on any atom is -0.462 e. The lowest BCUT2D eigenvalue weighted by Crippen LogP contribution is -2.30. The number of rotatable bonds is 60.